The fraction of sp³-hybridized carbons (Fsp3) is 0.725. The van der Waals surface area contributed by atoms with E-state index in [0.29, 0.717) is 17.4 Å². The Balaban J connectivity index is 4.03. The van der Waals surface area contributed by atoms with Crippen LogP contribution in [0.4, 0.5) is 0 Å². The van der Waals surface area contributed by atoms with Crippen molar-refractivity contribution in [2.45, 2.75) is 283 Å². The van der Waals surface area contributed by atoms with Gasteiger partial charge in [-0.05, 0) is 96.3 Å². The molecule has 0 aliphatic carbocycles. The van der Waals surface area contributed by atoms with Gasteiger partial charge in [-0.1, -0.05) is 277 Å². The summed E-state index contributed by atoms with van der Waals surface area (Å²) in [5, 5.41) is 13.9. The second-order valence-electron chi connectivity index (χ2n) is 22.7. The zero-order valence-corrected chi connectivity index (χ0v) is 52.2. The number of hydrogen-bond donors (Lipinski definition) is 2. The third kappa shape index (κ3) is 60.8. The van der Waals surface area contributed by atoms with Crippen molar-refractivity contribution in [3.05, 3.63) is 109 Å². The first-order valence-corrected chi connectivity index (χ1v) is 33.7. The van der Waals surface area contributed by atoms with Crippen molar-refractivity contribution < 1.29 is 32.9 Å². The molecule has 0 aromatic heterocycles. The van der Waals surface area contributed by atoms with Gasteiger partial charge >= 0.3 is 0 Å². The summed E-state index contributed by atoms with van der Waals surface area (Å²) < 4.78 is 23.3. The molecule has 0 aromatic carbocycles. The van der Waals surface area contributed by atoms with Crippen molar-refractivity contribution in [3.8, 4) is 0 Å². The number of quaternary nitrogens is 1. The number of aliphatic hydroxyl groups excluding tert-OH is 1. The quantitative estimate of drug-likeness (QED) is 0.0272. The van der Waals surface area contributed by atoms with Gasteiger partial charge in [0.1, 0.15) is 13.2 Å². The molecule has 0 saturated carbocycles. The van der Waals surface area contributed by atoms with E-state index in [4.69, 9.17) is 9.05 Å². The molecule has 2 N–H and O–H groups in total. The van der Waals surface area contributed by atoms with Crippen LogP contribution in [0.5, 0.6) is 0 Å². The van der Waals surface area contributed by atoms with Crippen LogP contribution in [0.2, 0.25) is 0 Å². The lowest BCUT2D eigenvalue weighted by atomic mass is 10.0. The number of nitrogens with one attached hydrogen (secondary N) is 1. The Bertz CT molecular complexity index is 1640. The van der Waals surface area contributed by atoms with Crippen molar-refractivity contribution in [1.82, 2.24) is 5.32 Å². The molecule has 0 heterocycles. The van der Waals surface area contributed by atoms with Crippen molar-refractivity contribution >= 4 is 13.7 Å². The Morgan fingerprint density at radius 1 is 0.462 bits per heavy atom. The minimum atomic E-state index is -4.61. The molecule has 78 heavy (non-hydrogen) atoms. The van der Waals surface area contributed by atoms with Crippen LogP contribution in [0.3, 0.4) is 0 Å². The van der Waals surface area contributed by atoms with E-state index < -0.39 is 26.6 Å². The van der Waals surface area contributed by atoms with E-state index in [2.05, 4.69) is 116 Å². The smallest absolute Gasteiger partial charge is 0.268 e. The Morgan fingerprint density at radius 3 is 1.19 bits per heavy atom. The summed E-state index contributed by atoms with van der Waals surface area (Å²) in [6, 6.07) is -0.914. The van der Waals surface area contributed by atoms with Gasteiger partial charge in [-0.3, -0.25) is 9.36 Å². The summed E-state index contributed by atoms with van der Waals surface area (Å²) in [6.07, 6.45) is 86.3. The molecule has 0 aromatic rings. The number of nitrogens with zero attached hydrogens (tertiary/aromatic N) is 1. The number of aliphatic hydroxyl groups is 1. The molecule has 3 atom stereocenters. The molecule has 1 amide bonds. The molecule has 450 valence electrons. The van der Waals surface area contributed by atoms with Crippen molar-refractivity contribution in [1.29, 1.82) is 0 Å². The van der Waals surface area contributed by atoms with Gasteiger partial charge in [-0.2, -0.15) is 0 Å². The molecule has 8 nitrogen and oxygen atoms in total. The van der Waals surface area contributed by atoms with Crippen LogP contribution in [0, 0.1) is 0 Å². The topological polar surface area (TPSA) is 108 Å². The van der Waals surface area contributed by atoms with Crippen LogP contribution in [0.15, 0.2) is 109 Å². The minimum absolute atomic E-state index is 0.0115. The number of likely N-dealkylation sites (N-methyl/N-ethyl adjacent to an activating group) is 1. The first-order chi connectivity index (χ1) is 38.0. The largest absolute Gasteiger partial charge is 0.756 e. The number of allylic oxidation sites excluding steroid dienone is 17. The van der Waals surface area contributed by atoms with E-state index in [1.807, 2.05) is 27.2 Å². The van der Waals surface area contributed by atoms with Gasteiger partial charge in [0.15, 0.2) is 0 Å². The lowest BCUT2D eigenvalue weighted by molar-refractivity contribution is -0.870. The van der Waals surface area contributed by atoms with Crippen LogP contribution in [-0.4, -0.2) is 68.5 Å². The van der Waals surface area contributed by atoms with Crippen LogP contribution in [0.25, 0.3) is 0 Å². The first-order valence-electron chi connectivity index (χ1n) is 32.2. The summed E-state index contributed by atoms with van der Waals surface area (Å²) in [5.41, 5.74) is 0. The standard InChI is InChI=1S/C69H123N2O6P/c1-6-8-10-12-14-16-18-20-22-24-25-26-27-28-29-30-31-32-33-34-35-36-37-38-39-40-41-42-43-44-45-47-49-51-53-55-57-59-61-63-69(73)70-67(66-77-78(74,75)76-65-64-71(3,4)5)68(72)62-60-58-56-54-52-50-48-46-23-21-19-17-15-13-11-9-7-2/h8,10,14,16,20,22-23,25-26,28-29,31-32,46,52,54,60,62,67-68,72H,6-7,9,11-13,15,17-19,21,24,27,30,33-45,47-51,53,55-59,61,63-66H2,1-5H3,(H-,70,73,74,75)/b10-8-,16-14-,22-20-,26-25-,29-28-,32-31-,46-23+,54-52+,62-60+. The van der Waals surface area contributed by atoms with E-state index in [0.717, 1.165) is 83.5 Å². The Morgan fingerprint density at radius 2 is 0.795 bits per heavy atom. The predicted molar refractivity (Wildman–Crippen MR) is 339 cm³/mol. The normalized spacial score (nSPS) is 14.5. The van der Waals surface area contributed by atoms with Gasteiger partial charge in [0.05, 0.1) is 39.9 Å². The summed E-state index contributed by atoms with van der Waals surface area (Å²) in [4.78, 5) is 25.5. The van der Waals surface area contributed by atoms with Crippen LogP contribution >= 0.6 is 7.82 Å². The second kappa shape index (κ2) is 58.8. The summed E-state index contributed by atoms with van der Waals surface area (Å²) in [5.74, 6) is -0.211. The number of hydrogen-bond acceptors (Lipinski definition) is 6. The van der Waals surface area contributed by atoms with Crippen molar-refractivity contribution in [2.75, 3.05) is 40.9 Å². The first kappa shape index (κ1) is 75.2. The van der Waals surface area contributed by atoms with Crippen molar-refractivity contribution in [3.63, 3.8) is 0 Å². The molecule has 0 rings (SSSR count). The van der Waals surface area contributed by atoms with Gasteiger partial charge in [-0.15, -0.1) is 0 Å². The molecule has 0 aliphatic rings. The average molecular weight is 1110 g/mol. The fourth-order valence-corrected chi connectivity index (χ4v) is 9.68. The van der Waals surface area contributed by atoms with Crippen LogP contribution in [-0.2, 0) is 18.4 Å². The number of phosphoric acid groups is 1. The number of carbonyl (C=O) groups excluding carboxylic acids is 1. The van der Waals surface area contributed by atoms with Gasteiger partial charge in [0.2, 0.25) is 5.91 Å². The van der Waals surface area contributed by atoms with Gasteiger partial charge in [-0.25, -0.2) is 0 Å². The van der Waals surface area contributed by atoms with Crippen molar-refractivity contribution in [2.24, 2.45) is 0 Å². The number of carbonyl (C=O) groups is 1. The maximum atomic E-state index is 13.0. The number of phosphoric ester groups is 1. The van der Waals surface area contributed by atoms with E-state index >= 15 is 0 Å². The SMILES string of the molecule is CC/C=C\C/C=C\C/C=C\C/C=C\C/C=C\C/C=C\CCCCCCCCCCCCCCCCCCCCCCC(=O)NC(COP(=O)([O-])OCC[N+](C)(C)C)C(O)/C=C/CC/C=C/CC/C=C/CCCCCCCCC. The van der Waals surface area contributed by atoms with E-state index in [1.54, 1.807) is 6.08 Å². The maximum absolute atomic E-state index is 13.0. The number of amides is 1. The summed E-state index contributed by atoms with van der Waals surface area (Å²) >= 11 is 0. The third-order valence-corrected chi connectivity index (χ3v) is 14.9. The highest BCUT2D eigenvalue weighted by molar-refractivity contribution is 7.45. The van der Waals surface area contributed by atoms with E-state index in [-0.39, 0.29) is 12.5 Å². The Hall–Kier alpha value is -2.84. The number of rotatable bonds is 58. The van der Waals surface area contributed by atoms with E-state index in [9.17, 15) is 19.4 Å². The van der Waals surface area contributed by atoms with E-state index in [1.165, 1.54) is 167 Å². The van der Waals surface area contributed by atoms with Gasteiger partial charge in [0, 0.05) is 6.42 Å². The summed E-state index contributed by atoms with van der Waals surface area (Å²) in [6.45, 7) is 4.51. The molecule has 9 heteroatoms. The molecule has 0 radical (unpaired) electrons. The Labute approximate surface area is 482 Å². The van der Waals surface area contributed by atoms with Gasteiger partial charge in [0.25, 0.3) is 7.82 Å². The molecular weight excluding hydrogens is 984 g/mol. The zero-order chi connectivity index (χ0) is 57.0. The predicted octanol–water partition coefficient (Wildman–Crippen LogP) is 19.7. The van der Waals surface area contributed by atoms with Crippen LogP contribution in [0.1, 0.15) is 271 Å². The summed E-state index contributed by atoms with van der Waals surface area (Å²) in [7, 11) is 1.23. The third-order valence-electron chi connectivity index (χ3n) is 13.9. The maximum Gasteiger partial charge on any atom is 0.268 e. The average Bonchev–Trinajstić information content (AvgIpc) is 3.40. The zero-order valence-electron chi connectivity index (χ0n) is 51.3. The number of unbranched alkanes of at least 4 members (excludes halogenated alkanes) is 29. The Kier molecular flexibility index (Phi) is 56.7. The molecule has 0 fully saturated rings. The lowest BCUT2D eigenvalue weighted by Crippen LogP contribution is -2.45. The lowest BCUT2D eigenvalue weighted by Gasteiger charge is -2.29. The fourth-order valence-electron chi connectivity index (χ4n) is 8.95. The van der Waals surface area contributed by atoms with Crippen LogP contribution < -0.4 is 10.2 Å². The molecule has 3 unspecified atom stereocenters. The second-order valence-corrected chi connectivity index (χ2v) is 24.1. The van der Waals surface area contributed by atoms with Gasteiger partial charge < -0.3 is 28.8 Å². The molecule has 0 aliphatic heterocycles. The molecular formula is C69H123N2O6P. The molecule has 0 spiro atoms. The highest BCUT2D eigenvalue weighted by atomic mass is 31.2. The minimum Gasteiger partial charge on any atom is -0.756 e. The molecule has 0 saturated heterocycles. The monoisotopic (exact) mass is 1110 g/mol. The highest BCUT2D eigenvalue weighted by Crippen LogP contribution is 2.38. The highest BCUT2D eigenvalue weighted by Gasteiger charge is 2.23. The molecule has 0 bridgehead atoms.